The van der Waals surface area contributed by atoms with E-state index in [1.165, 1.54) is 5.56 Å². The Balaban J connectivity index is 1.63. The van der Waals surface area contributed by atoms with Gasteiger partial charge in [0.05, 0.1) is 19.3 Å². The van der Waals surface area contributed by atoms with Gasteiger partial charge in [-0.2, -0.15) is 5.10 Å². The fourth-order valence-corrected chi connectivity index (χ4v) is 2.69. The van der Waals surface area contributed by atoms with Crippen LogP contribution in [0.15, 0.2) is 60.8 Å². The van der Waals surface area contributed by atoms with E-state index in [4.69, 9.17) is 17.0 Å². The number of anilines is 2. The first-order valence-corrected chi connectivity index (χ1v) is 8.35. The van der Waals surface area contributed by atoms with E-state index in [1.807, 2.05) is 60.3 Å². The highest BCUT2D eigenvalue weighted by atomic mass is 32.1. The zero-order valence-corrected chi connectivity index (χ0v) is 15.0. The van der Waals surface area contributed by atoms with E-state index in [-0.39, 0.29) is 0 Å². The van der Waals surface area contributed by atoms with Crippen LogP contribution in [0, 0.1) is 6.92 Å². The van der Waals surface area contributed by atoms with Crippen LogP contribution in [0.4, 0.5) is 11.5 Å². The summed E-state index contributed by atoms with van der Waals surface area (Å²) in [4.78, 5) is 0. The topological polar surface area (TPSA) is 51.1 Å². The second-order valence-corrected chi connectivity index (χ2v) is 6.08. The van der Waals surface area contributed by atoms with Crippen molar-refractivity contribution in [3.8, 4) is 5.75 Å². The van der Waals surface area contributed by atoms with Crippen LogP contribution in [0.3, 0.4) is 0 Å². The molecule has 1 aromatic heterocycles. The normalized spacial score (nSPS) is 10.3. The fraction of sp³-hybridized carbons (Fsp3) is 0.158. The monoisotopic (exact) mass is 352 g/mol. The molecule has 2 aromatic carbocycles. The Hall–Kier alpha value is -2.86. The number of hydrogen-bond donors (Lipinski definition) is 2. The van der Waals surface area contributed by atoms with Crippen LogP contribution >= 0.6 is 12.2 Å². The lowest BCUT2D eigenvalue weighted by Crippen LogP contribution is -2.20. The average molecular weight is 352 g/mol. The zero-order chi connectivity index (χ0) is 17.6. The summed E-state index contributed by atoms with van der Waals surface area (Å²) < 4.78 is 7.22. The molecule has 0 amide bonds. The molecule has 2 N–H and O–H groups in total. The molecule has 25 heavy (non-hydrogen) atoms. The Labute approximate surface area is 152 Å². The first kappa shape index (κ1) is 17.0. The lowest BCUT2D eigenvalue weighted by atomic mass is 10.2. The fourth-order valence-electron chi connectivity index (χ4n) is 2.48. The minimum Gasteiger partial charge on any atom is -0.495 e. The van der Waals surface area contributed by atoms with Crippen molar-refractivity contribution in [1.82, 2.24) is 9.78 Å². The van der Waals surface area contributed by atoms with Crippen LogP contribution in [0.5, 0.6) is 5.75 Å². The van der Waals surface area contributed by atoms with Gasteiger partial charge < -0.3 is 15.4 Å². The summed E-state index contributed by atoms with van der Waals surface area (Å²) in [7, 11) is 1.64. The van der Waals surface area contributed by atoms with Crippen molar-refractivity contribution in [2.24, 2.45) is 0 Å². The summed E-state index contributed by atoms with van der Waals surface area (Å²) in [6.45, 7) is 2.74. The summed E-state index contributed by atoms with van der Waals surface area (Å²) in [5.41, 5.74) is 3.14. The number of rotatable bonds is 5. The first-order valence-electron chi connectivity index (χ1n) is 7.94. The van der Waals surface area contributed by atoms with Gasteiger partial charge in [-0.3, -0.25) is 4.68 Å². The number of benzene rings is 2. The summed E-state index contributed by atoms with van der Waals surface area (Å²) in [5, 5.41) is 11.2. The van der Waals surface area contributed by atoms with Gasteiger partial charge in [-0.25, -0.2) is 0 Å². The van der Waals surface area contributed by atoms with Crippen molar-refractivity contribution in [3.63, 3.8) is 0 Å². The average Bonchev–Trinajstić information content (AvgIpc) is 3.02. The molecular formula is C19H20N4OS. The number of hydrogen-bond acceptors (Lipinski definition) is 3. The van der Waals surface area contributed by atoms with E-state index in [0.717, 1.165) is 17.0 Å². The van der Waals surface area contributed by atoms with Crippen molar-refractivity contribution in [2.45, 2.75) is 13.5 Å². The maximum atomic E-state index is 5.38. The smallest absolute Gasteiger partial charge is 0.176 e. The summed E-state index contributed by atoms with van der Waals surface area (Å²) >= 11 is 5.38. The molecule has 3 aromatic rings. The Morgan fingerprint density at radius 1 is 1.12 bits per heavy atom. The van der Waals surface area contributed by atoms with Gasteiger partial charge in [-0.15, -0.1) is 0 Å². The van der Waals surface area contributed by atoms with Crippen molar-refractivity contribution >= 4 is 28.8 Å². The first-order chi connectivity index (χ1) is 12.1. The van der Waals surface area contributed by atoms with Gasteiger partial charge in [0, 0.05) is 12.3 Å². The molecule has 0 radical (unpaired) electrons. The summed E-state index contributed by atoms with van der Waals surface area (Å²) in [5.74, 6) is 1.43. The number of aryl methyl sites for hydroxylation is 1. The minimum absolute atomic E-state index is 0.467. The highest BCUT2D eigenvalue weighted by Gasteiger charge is 2.07. The van der Waals surface area contributed by atoms with Crippen molar-refractivity contribution < 1.29 is 4.74 Å². The van der Waals surface area contributed by atoms with Gasteiger partial charge in [0.1, 0.15) is 5.75 Å². The number of ether oxygens (including phenoxy) is 1. The van der Waals surface area contributed by atoms with Gasteiger partial charge in [-0.1, -0.05) is 36.4 Å². The lowest BCUT2D eigenvalue weighted by Gasteiger charge is -2.13. The lowest BCUT2D eigenvalue weighted by molar-refractivity contribution is 0.417. The highest BCUT2D eigenvalue weighted by molar-refractivity contribution is 7.80. The summed E-state index contributed by atoms with van der Waals surface area (Å²) in [6.07, 6.45) is 1.92. The van der Waals surface area contributed by atoms with Crippen molar-refractivity contribution in [1.29, 1.82) is 0 Å². The standard InChI is InChI=1S/C19H20N4OS/c1-14-8-9-17(24-2)16(12-14)20-19(25)21-18-10-11-23(22-18)13-15-6-4-3-5-7-15/h3-12H,13H2,1-2H3,(H2,20,21,22,25). The van der Waals surface area contributed by atoms with Crippen molar-refractivity contribution in [2.75, 3.05) is 17.7 Å². The molecule has 5 nitrogen and oxygen atoms in total. The Kier molecular flexibility index (Phi) is 5.30. The molecule has 6 heteroatoms. The number of aromatic nitrogens is 2. The van der Waals surface area contributed by atoms with Crippen LogP contribution in [0.2, 0.25) is 0 Å². The molecule has 0 spiro atoms. The third-order valence-electron chi connectivity index (χ3n) is 3.67. The Morgan fingerprint density at radius 2 is 1.92 bits per heavy atom. The SMILES string of the molecule is COc1ccc(C)cc1NC(=S)Nc1ccn(Cc2ccccc2)n1. The van der Waals surface area contributed by atoms with E-state index in [2.05, 4.69) is 27.9 Å². The van der Waals surface area contributed by atoms with Gasteiger partial charge in [0.2, 0.25) is 0 Å². The quantitative estimate of drug-likeness (QED) is 0.678. The highest BCUT2D eigenvalue weighted by Crippen LogP contribution is 2.25. The van der Waals surface area contributed by atoms with Gasteiger partial charge >= 0.3 is 0 Å². The maximum Gasteiger partial charge on any atom is 0.176 e. The van der Waals surface area contributed by atoms with E-state index < -0.39 is 0 Å². The molecule has 0 fully saturated rings. The molecule has 1 heterocycles. The minimum atomic E-state index is 0.467. The molecular weight excluding hydrogens is 332 g/mol. The molecule has 0 aliphatic heterocycles. The second-order valence-electron chi connectivity index (χ2n) is 5.67. The largest absolute Gasteiger partial charge is 0.495 e. The van der Waals surface area contributed by atoms with E-state index in [0.29, 0.717) is 17.5 Å². The van der Waals surface area contributed by atoms with Crippen molar-refractivity contribution in [3.05, 3.63) is 71.9 Å². The zero-order valence-electron chi connectivity index (χ0n) is 14.2. The molecule has 0 unspecified atom stereocenters. The van der Waals surface area contributed by atoms with Crippen LogP contribution < -0.4 is 15.4 Å². The predicted octanol–water partition coefficient (Wildman–Crippen LogP) is 4.06. The molecule has 0 aliphatic carbocycles. The number of thiocarbonyl (C=S) groups is 1. The van der Waals surface area contributed by atoms with Crippen LogP contribution in [0.25, 0.3) is 0 Å². The molecule has 0 saturated carbocycles. The van der Waals surface area contributed by atoms with Crippen LogP contribution in [-0.4, -0.2) is 22.0 Å². The molecule has 0 aliphatic rings. The Bertz CT molecular complexity index is 861. The Morgan fingerprint density at radius 3 is 2.68 bits per heavy atom. The van der Waals surface area contributed by atoms with Gasteiger partial charge in [0.25, 0.3) is 0 Å². The van der Waals surface area contributed by atoms with Crippen LogP contribution in [-0.2, 0) is 6.54 Å². The summed E-state index contributed by atoms with van der Waals surface area (Å²) in [6, 6.07) is 18.0. The second kappa shape index (κ2) is 7.81. The number of nitrogens with one attached hydrogen (secondary N) is 2. The number of nitrogens with zero attached hydrogens (tertiary/aromatic N) is 2. The molecule has 128 valence electrons. The van der Waals surface area contributed by atoms with E-state index in [1.54, 1.807) is 7.11 Å². The predicted molar refractivity (Wildman–Crippen MR) is 105 cm³/mol. The van der Waals surface area contributed by atoms with Gasteiger partial charge in [-0.05, 0) is 42.4 Å². The van der Waals surface area contributed by atoms with Crippen LogP contribution in [0.1, 0.15) is 11.1 Å². The molecule has 0 atom stereocenters. The van der Waals surface area contributed by atoms with E-state index in [9.17, 15) is 0 Å². The van der Waals surface area contributed by atoms with E-state index >= 15 is 0 Å². The molecule has 0 bridgehead atoms. The molecule has 3 rings (SSSR count). The number of methoxy groups -OCH3 is 1. The maximum absolute atomic E-state index is 5.38. The third kappa shape index (κ3) is 4.58. The third-order valence-corrected chi connectivity index (χ3v) is 3.88. The molecule has 0 saturated heterocycles. The van der Waals surface area contributed by atoms with Gasteiger partial charge in [0.15, 0.2) is 10.9 Å².